The second kappa shape index (κ2) is 9.45. The molecule has 31 heavy (non-hydrogen) atoms. The van der Waals surface area contributed by atoms with Crippen LogP contribution in [0.4, 0.5) is 4.79 Å². The van der Waals surface area contributed by atoms with Crippen LogP contribution in [0.5, 0.6) is 0 Å². The first kappa shape index (κ1) is 20.6. The lowest BCUT2D eigenvalue weighted by molar-refractivity contribution is -0.141. The van der Waals surface area contributed by atoms with E-state index in [1.54, 1.807) is 0 Å². The maximum atomic E-state index is 12.3. The van der Waals surface area contributed by atoms with Gasteiger partial charge in [-0.1, -0.05) is 78.9 Å². The van der Waals surface area contributed by atoms with E-state index in [9.17, 15) is 14.7 Å². The van der Waals surface area contributed by atoms with E-state index in [-0.39, 0.29) is 25.7 Å². The monoisotopic (exact) mass is 417 g/mol. The summed E-state index contributed by atoms with van der Waals surface area (Å²) in [5, 5.41) is 11.8. The van der Waals surface area contributed by atoms with Crippen molar-refractivity contribution >= 4 is 12.1 Å². The molecule has 3 aromatic rings. The van der Waals surface area contributed by atoms with Crippen LogP contribution >= 0.6 is 0 Å². The van der Waals surface area contributed by atoms with Crippen LogP contribution in [-0.2, 0) is 20.9 Å². The molecule has 1 aliphatic carbocycles. The van der Waals surface area contributed by atoms with Crippen molar-refractivity contribution in [3.63, 3.8) is 0 Å². The van der Waals surface area contributed by atoms with Crippen molar-refractivity contribution in [1.29, 1.82) is 0 Å². The molecule has 6 heteroatoms. The average Bonchev–Trinajstić information content (AvgIpc) is 3.11. The Morgan fingerprint density at radius 1 is 0.871 bits per heavy atom. The zero-order valence-corrected chi connectivity index (χ0v) is 16.9. The number of nitrogens with one attached hydrogen (secondary N) is 1. The molecule has 3 aromatic carbocycles. The molecular weight excluding hydrogens is 394 g/mol. The number of ether oxygens (including phenoxy) is 2. The van der Waals surface area contributed by atoms with E-state index >= 15 is 0 Å². The summed E-state index contributed by atoms with van der Waals surface area (Å²) in [5.74, 6) is -1.27. The van der Waals surface area contributed by atoms with E-state index < -0.39 is 18.1 Å². The molecule has 0 unspecified atom stereocenters. The summed E-state index contributed by atoms with van der Waals surface area (Å²) in [6.07, 6.45) is -0.780. The van der Waals surface area contributed by atoms with Gasteiger partial charge < -0.3 is 19.9 Å². The molecule has 0 fully saturated rings. The van der Waals surface area contributed by atoms with Gasteiger partial charge in [0.1, 0.15) is 6.61 Å². The normalized spacial score (nSPS) is 13.2. The molecule has 0 radical (unpaired) electrons. The molecule has 0 heterocycles. The minimum Gasteiger partial charge on any atom is -0.480 e. The molecule has 0 aliphatic heterocycles. The summed E-state index contributed by atoms with van der Waals surface area (Å²) in [5.41, 5.74) is 5.37. The smallest absolute Gasteiger partial charge is 0.407 e. The van der Waals surface area contributed by atoms with Crippen molar-refractivity contribution in [2.75, 3.05) is 13.2 Å². The van der Waals surface area contributed by atoms with Crippen LogP contribution in [0.2, 0.25) is 0 Å². The first-order chi connectivity index (χ1) is 15.1. The minimum absolute atomic E-state index is 0.0873. The Labute approximate surface area is 180 Å². The zero-order chi connectivity index (χ0) is 21.6. The molecule has 1 amide bonds. The number of aliphatic carboxylic acids is 1. The van der Waals surface area contributed by atoms with Gasteiger partial charge in [0.05, 0.1) is 13.2 Å². The summed E-state index contributed by atoms with van der Waals surface area (Å²) in [7, 11) is 0. The first-order valence-electron chi connectivity index (χ1n) is 10.1. The van der Waals surface area contributed by atoms with E-state index in [4.69, 9.17) is 9.47 Å². The summed E-state index contributed by atoms with van der Waals surface area (Å²) >= 11 is 0. The Bertz CT molecular complexity index is 1020. The van der Waals surface area contributed by atoms with Gasteiger partial charge in [0.15, 0.2) is 6.04 Å². The molecule has 0 bridgehead atoms. The van der Waals surface area contributed by atoms with Crippen LogP contribution < -0.4 is 5.32 Å². The summed E-state index contributed by atoms with van der Waals surface area (Å²) in [6, 6.07) is 24.3. The zero-order valence-electron chi connectivity index (χ0n) is 16.9. The Hall–Kier alpha value is -3.64. The first-order valence-corrected chi connectivity index (χ1v) is 10.1. The average molecular weight is 417 g/mol. The Balaban J connectivity index is 1.34. The minimum atomic E-state index is -1.20. The Kier molecular flexibility index (Phi) is 6.29. The van der Waals surface area contributed by atoms with Gasteiger partial charge in [-0.05, 0) is 27.8 Å². The van der Waals surface area contributed by atoms with Crippen molar-refractivity contribution in [3.8, 4) is 11.1 Å². The third kappa shape index (κ3) is 4.75. The number of alkyl carbamates (subject to hydrolysis) is 1. The molecular formula is C25H23NO5. The summed E-state index contributed by atoms with van der Waals surface area (Å²) in [6.45, 7) is 0.225. The van der Waals surface area contributed by atoms with Crippen molar-refractivity contribution in [3.05, 3.63) is 95.6 Å². The summed E-state index contributed by atoms with van der Waals surface area (Å²) in [4.78, 5) is 23.8. The highest BCUT2D eigenvalue weighted by Crippen LogP contribution is 2.44. The fourth-order valence-electron chi connectivity index (χ4n) is 3.83. The van der Waals surface area contributed by atoms with Crippen molar-refractivity contribution in [2.45, 2.75) is 18.6 Å². The quantitative estimate of drug-likeness (QED) is 0.574. The van der Waals surface area contributed by atoms with Gasteiger partial charge in [0.2, 0.25) is 0 Å². The van der Waals surface area contributed by atoms with Crippen LogP contribution in [0.3, 0.4) is 0 Å². The molecule has 0 saturated carbocycles. The third-order valence-corrected chi connectivity index (χ3v) is 5.33. The highest BCUT2D eigenvalue weighted by molar-refractivity contribution is 5.81. The largest absolute Gasteiger partial charge is 0.480 e. The van der Waals surface area contributed by atoms with Crippen molar-refractivity contribution in [1.82, 2.24) is 5.32 Å². The number of rotatable bonds is 8. The number of carboxylic acid groups (broad SMARTS) is 1. The van der Waals surface area contributed by atoms with E-state index in [1.165, 1.54) is 0 Å². The topological polar surface area (TPSA) is 84.9 Å². The molecule has 4 rings (SSSR count). The Morgan fingerprint density at radius 3 is 2.06 bits per heavy atom. The standard InChI is InChI=1S/C25H23NO5/c27-24(28)23(16-30-14-17-8-2-1-3-9-17)26-25(29)31-15-22-20-12-6-4-10-18(20)19-11-5-7-13-21(19)22/h1-13,22-23H,14-16H2,(H,26,29)(H,27,28)/t23-/m0/s1. The van der Waals surface area contributed by atoms with Gasteiger partial charge >= 0.3 is 12.1 Å². The SMILES string of the molecule is O=C(N[C@@H](COCc1ccccc1)C(=O)O)OCC1c2ccccc2-c2ccccc21. The van der Waals surface area contributed by atoms with Gasteiger partial charge in [0.25, 0.3) is 0 Å². The van der Waals surface area contributed by atoms with E-state index in [0.717, 1.165) is 27.8 Å². The van der Waals surface area contributed by atoms with Gasteiger partial charge in [-0.2, -0.15) is 0 Å². The fraction of sp³-hybridized carbons (Fsp3) is 0.200. The third-order valence-electron chi connectivity index (χ3n) is 5.33. The predicted molar refractivity (Wildman–Crippen MR) is 116 cm³/mol. The number of amides is 1. The lowest BCUT2D eigenvalue weighted by atomic mass is 9.98. The second-order valence-electron chi connectivity index (χ2n) is 7.36. The number of fused-ring (bicyclic) bond motifs is 3. The molecule has 1 aliphatic rings. The number of carbonyl (C=O) groups excluding carboxylic acids is 1. The van der Waals surface area contributed by atoms with Crippen LogP contribution in [0.25, 0.3) is 11.1 Å². The van der Waals surface area contributed by atoms with E-state index in [1.807, 2.05) is 66.7 Å². The van der Waals surface area contributed by atoms with Crippen LogP contribution in [-0.4, -0.2) is 36.4 Å². The van der Waals surface area contributed by atoms with E-state index in [0.29, 0.717) is 0 Å². The number of carbonyl (C=O) groups is 2. The molecule has 0 aromatic heterocycles. The van der Waals surface area contributed by atoms with Gasteiger partial charge in [-0.15, -0.1) is 0 Å². The molecule has 0 saturated heterocycles. The van der Waals surface area contributed by atoms with Crippen molar-refractivity contribution < 1.29 is 24.2 Å². The lowest BCUT2D eigenvalue weighted by Crippen LogP contribution is -2.44. The van der Waals surface area contributed by atoms with Crippen molar-refractivity contribution in [2.24, 2.45) is 0 Å². The number of hydrogen-bond acceptors (Lipinski definition) is 4. The fourth-order valence-corrected chi connectivity index (χ4v) is 3.83. The molecule has 158 valence electrons. The molecule has 6 nitrogen and oxygen atoms in total. The highest BCUT2D eigenvalue weighted by Gasteiger charge is 2.29. The predicted octanol–water partition coefficient (Wildman–Crippen LogP) is 4.20. The molecule has 1 atom stereocenters. The summed E-state index contributed by atoms with van der Waals surface area (Å²) < 4.78 is 10.9. The Morgan fingerprint density at radius 2 is 1.45 bits per heavy atom. The van der Waals surface area contributed by atoms with Gasteiger partial charge in [-0.3, -0.25) is 0 Å². The molecule has 2 N–H and O–H groups in total. The maximum absolute atomic E-state index is 12.3. The number of carboxylic acids is 1. The van der Waals surface area contributed by atoms with Crippen LogP contribution in [0, 0.1) is 0 Å². The lowest BCUT2D eigenvalue weighted by Gasteiger charge is -2.17. The number of benzene rings is 3. The number of hydrogen-bond donors (Lipinski definition) is 2. The van der Waals surface area contributed by atoms with Gasteiger partial charge in [0, 0.05) is 5.92 Å². The molecule has 0 spiro atoms. The maximum Gasteiger partial charge on any atom is 0.407 e. The van der Waals surface area contributed by atoms with E-state index in [2.05, 4.69) is 17.4 Å². The van der Waals surface area contributed by atoms with Crippen LogP contribution in [0.15, 0.2) is 78.9 Å². The highest BCUT2D eigenvalue weighted by atomic mass is 16.5. The van der Waals surface area contributed by atoms with Gasteiger partial charge in [-0.25, -0.2) is 9.59 Å². The second-order valence-corrected chi connectivity index (χ2v) is 7.36. The van der Waals surface area contributed by atoms with Crippen LogP contribution in [0.1, 0.15) is 22.6 Å².